The third-order valence-electron chi connectivity index (χ3n) is 2.35. The van der Waals surface area contributed by atoms with Crippen molar-refractivity contribution >= 4 is 31.9 Å². The van der Waals surface area contributed by atoms with Crippen LogP contribution < -0.4 is 10.1 Å². The van der Waals surface area contributed by atoms with Crippen molar-refractivity contribution in [2.75, 3.05) is 13.2 Å². The summed E-state index contributed by atoms with van der Waals surface area (Å²) in [6.07, 6.45) is 3.41. The van der Waals surface area contributed by atoms with Crippen molar-refractivity contribution < 1.29 is 9.15 Å². The molecule has 3 nitrogen and oxygen atoms in total. The van der Waals surface area contributed by atoms with E-state index in [-0.39, 0.29) is 0 Å². The Kier molecular flexibility index (Phi) is 5.28. The molecule has 1 N–H and O–H groups in total. The topological polar surface area (TPSA) is 34.4 Å². The summed E-state index contributed by atoms with van der Waals surface area (Å²) in [5.74, 6) is 0.836. The van der Waals surface area contributed by atoms with Gasteiger partial charge < -0.3 is 14.5 Å². The standard InChI is InChI=1S/C13H13Br2NO2/c14-11-2-1-3-12(15)13(11)18-7-5-16-8-10-4-6-17-9-10/h1-4,6,9,16H,5,7-8H2. The lowest BCUT2D eigenvalue weighted by Gasteiger charge is -2.10. The molecule has 5 heteroatoms. The van der Waals surface area contributed by atoms with E-state index in [1.165, 1.54) is 0 Å². The number of ether oxygens (including phenoxy) is 1. The van der Waals surface area contributed by atoms with Crippen LogP contribution >= 0.6 is 31.9 Å². The molecule has 1 aromatic heterocycles. The van der Waals surface area contributed by atoms with Crippen molar-refractivity contribution in [3.05, 3.63) is 51.3 Å². The molecule has 0 radical (unpaired) electrons. The van der Waals surface area contributed by atoms with Gasteiger partial charge in [0.2, 0.25) is 0 Å². The van der Waals surface area contributed by atoms with Gasteiger partial charge in [-0.25, -0.2) is 0 Å². The lowest BCUT2D eigenvalue weighted by molar-refractivity contribution is 0.310. The molecule has 2 rings (SSSR count). The summed E-state index contributed by atoms with van der Waals surface area (Å²) in [5.41, 5.74) is 1.14. The predicted octanol–water partition coefficient (Wildman–Crippen LogP) is 3.97. The zero-order chi connectivity index (χ0) is 12.8. The minimum absolute atomic E-state index is 0.610. The molecule has 2 aromatic rings. The van der Waals surface area contributed by atoms with Gasteiger partial charge in [0, 0.05) is 18.7 Å². The number of rotatable bonds is 6. The van der Waals surface area contributed by atoms with E-state index in [2.05, 4.69) is 37.2 Å². The highest BCUT2D eigenvalue weighted by molar-refractivity contribution is 9.11. The Hall–Kier alpha value is -0.780. The Morgan fingerprint density at radius 1 is 1.17 bits per heavy atom. The number of para-hydroxylation sites is 1. The summed E-state index contributed by atoms with van der Waals surface area (Å²) >= 11 is 6.92. The normalized spacial score (nSPS) is 10.6. The molecule has 0 fully saturated rings. The van der Waals surface area contributed by atoms with Crippen LogP contribution in [0.5, 0.6) is 5.75 Å². The summed E-state index contributed by atoms with van der Waals surface area (Å²) in [7, 11) is 0. The Balaban J connectivity index is 1.72. The maximum absolute atomic E-state index is 5.71. The van der Waals surface area contributed by atoms with Gasteiger partial charge in [-0.2, -0.15) is 0 Å². The van der Waals surface area contributed by atoms with Crippen molar-refractivity contribution in [2.45, 2.75) is 6.54 Å². The average Bonchev–Trinajstić information content (AvgIpc) is 2.85. The highest BCUT2D eigenvalue weighted by Crippen LogP contribution is 2.32. The first-order valence-corrected chi connectivity index (χ1v) is 7.14. The van der Waals surface area contributed by atoms with Crippen molar-refractivity contribution in [2.24, 2.45) is 0 Å². The molecule has 1 heterocycles. The molecule has 0 aliphatic heterocycles. The Morgan fingerprint density at radius 2 is 1.94 bits per heavy atom. The van der Waals surface area contributed by atoms with E-state index in [1.807, 2.05) is 24.3 Å². The molecular formula is C13H13Br2NO2. The predicted molar refractivity (Wildman–Crippen MR) is 77.8 cm³/mol. The van der Waals surface area contributed by atoms with Gasteiger partial charge in [0.25, 0.3) is 0 Å². The highest BCUT2D eigenvalue weighted by Gasteiger charge is 2.04. The van der Waals surface area contributed by atoms with Crippen LogP contribution in [-0.4, -0.2) is 13.2 Å². The van der Waals surface area contributed by atoms with Crippen LogP contribution in [0, 0.1) is 0 Å². The van der Waals surface area contributed by atoms with E-state index in [9.17, 15) is 0 Å². The molecular weight excluding hydrogens is 362 g/mol. The van der Waals surface area contributed by atoms with Crippen LogP contribution in [-0.2, 0) is 6.54 Å². The lowest BCUT2D eigenvalue weighted by atomic mass is 10.3. The number of nitrogens with one attached hydrogen (secondary N) is 1. The lowest BCUT2D eigenvalue weighted by Crippen LogP contribution is -2.20. The van der Waals surface area contributed by atoms with E-state index in [1.54, 1.807) is 12.5 Å². The van der Waals surface area contributed by atoms with Crippen molar-refractivity contribution in [1.29, 1.82) is 0 Å². The molecule has 0 unspecified atom stereocenters. The fraction of sp³-hybridized carbons (Fsp3) is 0.231. The quantitative estimate of drug-likeness (QED) is 0.776. The van der Waals surface area contributed by atoms with E-state index >= 15 is 0 Å². The Labute approximate surface area is 123 Å². The molecule has 0 bridgehead atoms. The third-order valence-corrected chi connectivity index (χ3v) is 3.60. The van der Waals surface area contributed by atoms with Crippen LogP contribution in [0.3, 0.4) is 0 Å². The van der Waals surface area contributed by atoms with Crippen LogP contribution in [0.1, 0.15) is 5.56 Å². The molecule has 1 aromatic carbocycles. The second kappa shape index (κ2) is 6.97. The second-order valence-electron chi connectivity index (χ2n) is 3.71. The maximum atomic E-state index is 5.71. The number of furan rings is 1. The van der Waals surface area contributed by atoms with E-state index in [0.717, 1.165) is 33.3 Å². The molecule has 0 aliphatic rings. The summed E-state index contributed by atoms with van der Waals surface area (Å²) < 4.78 is 12.6. The number of hydrogen-bond donors (Lipinski definition) is 1. The highest BCUT2D eigenvalue weighted by atomic mass is 79.9. The molecule has 18 heavy (non-hydrogen) atoms. The zero-order valence-corrected chi connectivity index (χ0v) is 12.8. The number of benzene rings is 1. The molecule has 0 saturated heterocycles. The SMILES string of the molecule is Brc1cccc(Br)c1OCCNCc1ccoc1. The maximum Gasteiger partial charge on any atom is 0.147 e. The molecule has 0 atom stereocenters. The minimum Gasteiger partial charge on any atom is -0.490 e. The van der Waals surface area contributed by atoms with Crippen LogP contribution in [0.2, 0.25) is 0 Å². The van der Waals surface area contributed by atoms with Gasteiger partial charge in [0.05, 0.1) is 21.5 Å². The smallest absolute Gasteiger partial charge is 0.147 e. The Morgan fingerprint density at radius 3 is 2.61 bits per heavy atom. The minimum atomic E-state index is 0.610. The first kappa shape index (κ1) is 13.6. The first-order valence-electron chi connectivity index (χ1n) is 5.56. The fourth-order valence-corrected chi connectivity index (χ4v) is 2.70. The zero-order valence-electron chi connectivity index (χ0n) is 9.66. The van der Waals surface area contributed by atoms with Crippen molar-refractivity contribution in [3.8, 4) is 5.75 Å². The van der Waals surface area contributed by atoms with E-state index < -0.39 is 0 Å². The van der Waals surface area contributed by atoms with Crippen LogP contribution in [0.4, 0.5) is 0 Å². The van der Waals surface area contributed by atoms with E-state index in [0.29, 0.717) is 6.61 Å². The number of hydrogen-bond acceptors (Lipinski definition) is 3. The van der Waals surface area contributed by atoms with Crippen molar-refractivity contribution in [3.63, 3.8) is 0 Å². The first-order chi connectivity index (χ1) is 8.77. The van der Waals surface area contributed by atoms with Gasteiger partial charge in [-0.3, -0.25) is 0 Å². The molecule has 96 valence electrons. The summed E-state index contributed by atoms with van der Waals surface area (Å²) in [5, 5.41) is 3.28. The van der Waals surface area contributed by atoms with Crippen LogP contribution in [0.15, 0.2) is 50.2 Å². The van der Waals surface area contributed by atoms with Gasteiger partial charge in [-0.1, -0.05) is 6.07 Å². The van der Waals surface area contributed by atoms with Gasteiger partial charge in [0.1, 0.15) is 12.4 Å². The number of halogens is 2. The van der Waals surface area contributed by atoms with Gasteiger partial charge in [-0.05, 0) is 50.1 Å². The van der Waals surface area contributed by atoms with Crippen molar-refractivity contribution in [1.82, 2.24) is 5.32 Å². The monoisotopic (exact) mass is 373 g/mol. The average molecular weight is 375 g/mol. The van der Waals surface area contributed by atoms with Crippen LogP contribution in [0.25, 0.3) is 0 Å². The van der Waals surface area contributed by atoms with Gasteiger partial charge in [0.15, 0.2) is 0 Å². The Bertz CT molecular complexity index is 465. The summed E-state index contributed by atoms with van der Waals surface area (Å²) in [6.45, 7) is 2.18. The van der Waals surface area contributed by atoms with Gasteiger partial charge in [-0.15, -0.1) is 0 Å². The molecule has 0 saturated carbocycles. The fourth-order valence-electron chi connectivity index (χ4n) is 1.47. The second-order valence-corrected chi connectivity index (χ2v) is 5.42. The largest absolute Gasteiger partial charge is 0.490 e. The third kappa shape index (κ3) is 3.86. The molecule has 0 aliphatic carbocycles. The van der Waals surface area contributed by atoms with Gasteiger partial charge >= 0.3 is 0 Å². The van der Waals surface area contributed by atoms with E-state index in [4.69, 9.17) is 9.15 Å². The summed E-state index contributed by atoms with van der Waals surface area (Å²) in [6, 6.07) is 7.81. The molecule has 0 amide bonds. The summed E-state index contributed by atoms with van der Waals surface area (Å²) in [4.78, 5) is 0. The molecule has 0 spiro atoms.